The Hall–Kier alpha value is -1.06. The SMILES string of the molecule is O=C(NCCN1CCCCCC1=O)C1CCCC1. The van der Waals surface area contributed by atoms with E-state index in [2.05, 4.69) is 5.32 Å². The Morgan fingerprint density at radius 2 is 1.94 bits per heavy atom. The Balaban J connectivity index is 1.67. The maximum atomic E-state index is 11.8. The maximum Gasteiger partial charge on any atom is 0.223 e. The number of rotatable bonds is 4. The lowest BCUT2D eigenvalue weighted by molar-refractivity contribution is -0.131. The number of likely N-dealkylation sites (tertiary alicyclic amines) is 1. The second kappa shape index (κ2) is 6.76. The monoisotopic (exact) mass is 252 g/mol. The molecular weight excluding hydrogens is 228 g/mol. The van der Waals surface area contributed by atoms with E-state index in [9.17, 15) is 9.59 Å². The molecule has 4 nitrogen and oxygen atoms in total. The molecule has 0 radical (unpaired) electrons. The van der Waals surface area contributed by atoms with Crippen molar-refractivity contribution in [2.45, 2.75) is 51.4 Å². The molecule has 4 heteroatoms. The molecule has 1 saturated carbocycles. The Labute approximate surface area is 109 Å². The summed E-state index contributed by atoms with van der Waals surface area (Å²) in [5.41, 5.74) is 0. The zero-order valence-corrected chi connectivity index (χ0v) is 11.1. The zero-order valence-electron chi connectivity index (χ0n) is 11.1. The summed E-state index contributed by atoms with van der Waals surface area (Å²) in [6, 6.07) is 0. The van der Waals surface area contributed by atoms with Crippen LogP contribution in [-0.4, -0.2) is 36.3 Å². The number of nitrogens with zero attached hydrogens (tertiary/aromatic N) is 1. The number of amides is 2. The first kappa shape index (κ1) is 13.4. The molecule has 0 unspecified atom stereocenters. The van der Waals surface area contributed by atoms with E-state index >= 15 is 0 Å². The first-order chi connectivity index (χ1) is 8.77. The quantitative estimate of drug-likeness (QED) is 0.828. The summed E-state index contributed by atoms with van der Waals surface area (Å²) >= 11 is 0. The molecule has 102 valence electrons. The predicted molar refractivity (Wildman–Crippen MR) is 70.0 cm³/mol. The fourth-order valence-corrected chi connectivity index (χ4v) is 2.92. The van der Waals surface area contributed by atoms with E-state index in [4.69, 9.17) is 0 Å². The molecular formula is C14H24N2O2. The van der Waals surface area contributed by atoms with Crippen LogP contribution >= 0.6 is 0 Å². The first-order valence-corrected chi connectivity index (χ1v) is 7.33. The molecule has 1 saturated heterocycles. The summed E-state index contributed by atoms with van der Waals surface area (Å²) in [7, 11) is 0. The third-order valence-electron chi connectivity index (χ3n) is 4.08. The van der Waals surface area contributed by atoms with E-state index in [0.29, 0.717) is 19.5 Å². The third-order valence-corrected chi connectivity index (χ3v) is 4.08. The van der Waals surface area contributed by atoms with Gasteiger partial charge in [0.25, 0.3) is 0 Å². The van der Waals surface area contributed by atoms with Gasteiger partial charge in [-0.15, -0.1) is 0 Å². The fourth-order valence-electron chi connectivity index (χ4n) is 2.92. The van der Waals surface area contributed by atoms with Crippen molar-refractivity contribution in [2.24, 2.45) is 5.92 Å². The molecule has 18 heavy (non-hydrogen) atoms. The molecule has 1 aliphatic heterocycles. The molecule has 2 aliphatic rings. The highest BCUT2D eigenvalue weighted by atomic mass is 16.2. The molecule has 2 rings (SSSR count). The van der Waals surface area contributed by atoms with E-state index in [1.807, 2.05) is 4.90 Å². The van der Waals surface area contributed by atoms with Crippen LogP contribution in [0, 0.1) is 5.92 Å². The van der Waals surface area contributed by atoms with Gasteiger partial charge in [-0.3, -0.25) is 9.59 Å². The standard InChI is InChI=1S/C14H24N2O2/c17-13-8-2-1-5-10-16(13)11-9-15-14(18)12-6-3-4-7-12/h12H,1-11H2,(H,15,18). The molecule has 1 N–H and O–H groups in total. The minimum absolute atomic E-state index is 0.190. The van der Waals surface area contributed by atoms with Crippen molar-refractivity contribution in [1.29, 1.82) is 0 Å². The summed E-state index contributed by atoms with van der Waals surface area (Å²) in [6.45, 7) is 2.15. The van der Waals surface area contributed by atoms with Gasteiger partial charge in [-0.05, 0) is 25.7 Å². The van der Waals surface area contributed by atoms with E-state index in [1.54, 1.807) is 0 Å². The zero-order chi connectivity index (χ0) is 12.8. The minimum Gasteiger partial charge on any atom is -0.354 e. The minimum atomic E-state index is 0.190. The van der Waals surface area contributed by atoms with E-state index < -0.39 is 0 Å². The normalized spacial score (nSPS) is 22.0. The van der Waals surface area contributed by atoms with Crippen LogP contribution < -0.4 is 5.32 Å². The average Bonchev–Trinajstić information content (AvgIpc) is 2.82. The van der Waals surface area contributed by atoms with Crippen LogP contribution in [0.1, 0.15) is 51.4 Å². The summed E-state index contributed by atoms with van der Waals surface area (Å²) in [6.07, 6.45) is 8.38. The molecule has 0 aromatic heterocycles. The first-order valence-electron chi connectivity index (χ1n) is 7.33. The van der Waals surface area contributed by atoms with Gasteiger partial charge in [-0.25, -0.2) is 0 Å². The fraction of sp³-hybridized carbons (Fsp3) is 0.857. The van der Waals surface area contributed by atoms with Gasteiger partial charge in [0.1, 0.15) is 0 Å². The molecule has 0 atom stereocenters. The number of hydrogen-bond donors (Lipinski definition) is 1. The van der Waals surface area contributed by atoms with Crippen molar-refractivity contribution in [3.63, 3.8) is 0 Å². The van der Waals surface area contributed by atoms with Gasteiger partial charge in [-0.2, -0.15) is 0 Å². The van der Waals surface area contributed by atoms with Crippen molar-refractivity contribution in [3.05, 3.63) is 0 Å². The van der Waals surface area contributed by atoms with Gasteiger partial charge in [0.05, 0.1) is 0 Å². The number of carbonyl (C=O) groups is 2. The smallest absolute Gasteiger partial charge is 0.223 e. The lowest BCUT2D eigenvalue weighted by Crippen LogP contribution is -2.39. The van der Waals surface area contributed by atoms with Crippen LogP contribution in [-0.2, 0) is 9.59 Å². The van der Waals surface area contributed by atoms with Crippen molar-refractivity contribution in [1.82, 2.24) is 10.2 Å². The number of hydrogen-bond acceptors (Lipinski definition) is 2. The molecule has 0 aromatic rings. The summed E-state index contributed by atoms with van der Waals surface area (Å²) in [5, 5.41) is 2.98. The molecule has 0 spiro atoms. The van der Waals surface area contributed by atoms with Crippen molar-refractivity contribution >= 4 is 11.8 Å². The lowest BCUT2D eigenvalue weighted by Gasteiger charge is -2.21. The Kier molecular flexibility index (Phi) is 5.02. The Morgan fingerprint density at radius 3 is 2.72 bits per heavy atom. The molecule has 1 aliphatic carbocycles. The van der Waals surface area contributed by atoms with Gasteiger partial charge in [0, 0.05) is 32.0 Å². The van der Waals surface area contributed by atoms with E-state index in [0.717, 1.165) is 38.6 Å². The van der Waals surface area contributed by atoms with Gasteiger partial charge in [0.15, 0.2) is 0 Å². The third kappa shape index (κ3) is 3.72. The molecule has 0 aromatic carbocycles. The Morgan fingerprint density at radius 1 is 1.17 bits per heavy atom. The second-order valence-corrected chi connectivity index (χ2v) is 5.46. The molecule has 2 amide bonds. The highest BCUT2D eigenvalue weighted by Crippen LogP contribution is 2.24. The van der Waals surface area contributed by atoms with Crippen LogP contribution in [0.15, 0.2) is 0 Å². The van der Waals surface area contributed by atoms with Crippen LogP contribution in [0.3, 0.4) is 0 Å². The van der Waals surface area contributed by atoms with E-state index in [1.165, 1.54) is 12.8 Å². The summed E-state index contributed by atoms with van der Waals surface area (Å²) in [4.78, 5) is 25.5. The lowest BCUT2D eigenvalue weighted by atomic mass is 10.1. The number of nitrogens with one attached hydrogen (secondary N) is 1. The largest absolute Gasteiger partial charge is 0.354 e. The summed E-state index contributed by atoms with van der Waals surface area (Å²) in [5.74, 6) is 0.669. The van der Waals surface area contributed by atoms with Crippen molar-refractivity contribution < 1.29 is 9.59 Å². The Bertz CT molecular complexity index is 298. The molecule has 0 bridgehead atoms. The van der Waals surface area contributed by atoms with E-state index in [-0.39, 0.29) is 17.7 Å². The van der Waals surface area contributed by atoms with Crippen LogP contribution in [0.4, 0.5) is 0 Å². The highest BCUT2D eigenvalue weighted by molar-refractivity contribution is 5.79. The van der Waals surface area contributed by atoms with Crippen molar-refractivity contribution in [2.75, 3.05) is 19.6 Å². The predicted octanol–water partition coefficient (Wildman–Crippen LogP) is 1.70. The molecule has 1 heterocycles. The van der Waals surface area contributed by atoms with Crippen LogP contribution in [0.5, 0.6) is 0 Å². The topological polar surface area (TPSA) is 49.4 Å². The van der Waals surface area contributed by atoms with Crippen LogP contribution in [0.2, 0.25) is 0 Å². The van der Waals surface area contributed by atoms with Gasteiger partial charge < -0.3 is 10.2 Å². The number of carbonyl (C=O) groups excluding carboxylic acids is 2. The average molecular weight is 252 g/mol. The summed E-state index contributed by atoms with van der Waals surface area (Å²) < 4.78 is 0. The van der Waals surface area contributed by atoms with Gasteiger partial charge in [0.2, 0.25) is 11.8 Å². The van der Waals surface area contributed by atoms with Gasteiger partial charge >= 0.3 is 0 Å². The van der Waals surface area contributed by atoms with Gasteiger partial charge in [-0.1, -0.05) is 19.3 Å². The molecule has 2 fully saturated rings. The highest BCUT2D eigenvalue weighted by Gasteiger charge is 2.22. The van der Waals surface area contributed by atoms with Crippen molar-refractivity contribution in [3.8, 4) is 0 Å². The second-order valence-electron chi connectivity index (χ2n) is 5.46. The van der Waals surface area contributed by atoms with Crippen LogP contribution in [0.25, 0.3) is 0 Å². The maximum absolute atomic E-state index is 11.8.